The highest BCUT2D eigenvalue weighted by Gasteiger charge is 2.32. The van der Waals surface area contributed by atoms with Crippen LogP contribution in [0.5, 0.6) is 0 Å². The van der Waals surface area contributed by atoms with Crippen LogP contribution in [0.3, 0.4) is 0 Å². The fraction of sp³-hybridized carbons (Fsp3) is 0.429. The molecule has 1 fully saturated rings. The van der Waals surface area contributed by atoms with Gasteiger partial charge in [0, 0.05) is 29.1 Å². The lowest BCUT2D eigenvalue weighted by Gasteiger charge is -2.35. The third-order valence-electron chi connectivity index (χ3n) is 7.36. The number of rotatable bonds is 8. The van der Waals surface area contributed by atoms with Crippen molar-refractivity contribution < 1.29 is 0 Å². The van der Waals surface area contributed by atoms with Gasteiger partial charge in [-0.2, -0.15) is 0 Å². The number of nitrogens with one attached hydrogen (secondary N) is 1. The van der Waals surface area contributed by atoms with E-state index in [4.69, 9.17) is 0 Å². The molecule has 0 aliphatic heterocycles. The Hall–Kier alpha value is -3.32. The van der Waals surface area contributed by atoms with E-state index in [0.29, 0.717) is 19.1 Å². The fourth-order valence-corrected chi connectivity index (χ4v) is 5.64. The van der Waals surface area contributed by atoms with E-state index < -0.39 is 0 Å². The van der Waals surface area contributed by atoms with Gasteiger partial charge in [0.15, 0.2) is 5.82 Å². The molecule has 7 heteroatoms. The molecule has 1 saturated carbocycles. The minimum Gasteiger partial charge on any atom is -0.322 e. The Kier molecular flexibility index (Phi) is 6.77. The average molecular weight is 471 g/mol. The molecule has 2 heterocycles. The molecule has 1 aliphatic rings. The zero-order valence-corrected chi connectivity index (χ0v) is 20.9. The molecule has 0 saturated heterocycles. The molecule has 1 N–H and O–H groups in total. The van der Waals surface area contributed by atoms with Gasteiger partial charge in [-0.3, -0.25) is 9.69 Å². The monoisotopic (exact) mass is 470 g/mol. The summed E-state index contributed by atoms with van der Waals surface area (Å²) in [6, 6.07) is 17.0. The number of aryl methyl sites for hydroxylation is 2. The highest BCUT2D eigenvalue weighted by atomic mass is 16.1. The quantitative estimate of drug-likeness (QED) is 0.389. The van der Waals surface area contributed by atoms with Gasteiger partial charge in [-0.15, -0.1) is 5.10 Å². The Morgan fingerprint density at radius 2 is 1.89 bits per heavy atom. The number of nitrogens with zero attached hydrogens (tertiary/aromatic N) is 5. The summed E-state index contributed by atoms with van der Waals surface area (Å²) in [5.41, 5.74) is 5.20. The smallest absolute Gasteiger partial charge is 0.252 e. The highest BCUT2D eigenvalue weighted by Crippen LogP contribution is 2.34. The summed E-state index contributed by atoms with van der Waals surface area (Å²) in [5.74, 6) is 0.868. The fourth-order valence-electron chi connectivity index (χ4n) is 5.64. The summed E-state index contributed by atoms with van der Waals surface area (Å²) >= 11 is 0. The highest BCUT2D eigenvalue weighted by molar-refractivity contribution is 5.83. The minimum atomic E-state index is -0.00997. The molecule has 0 bridgehead atoms. The number of fused-ring (bicyclic) bond motifs is 1. The summed E-state index contributed by atoms with van der Waals surface area (Å²) < 4.78 is 1.92. The second kappa shape index (κ2) is 10.1. The Bertz CT molecular complexity index is 1350. The summed E-state index contributed by atoms with van der Waals surface area (Å²) in [6.45, 7) is 7.57. The summed E-state index contributed by atoms with van der Waals surface area (Å²) in [4.78, 5) is 18.8. The van der Waals surface area contributed by atoms with Crippen LogP contribution in [-0.2, 0) is 13.1 Å². The molecule has 0 radical (unpaired) electrons. The first kappa shape index (κ1) is 23.4. The second-order valence-corrected chi connectivity index (χ2v) is 9.88. The molecule has 1 aliphatic carbocycles. The van der Waals surface area contributed by atoms with Crippen LogP contribution in [0.2, 0.25) is 0 Å². The lowest BCUT2D eigenvalue weighted by Crippen LogP contribution is -2.39. The van der Waals surface area contributed by atoms with Gasteiger partial charge in [0.05, 0.1) is 12.6 Å². The number of hydrogen-bond donors (Lipinski definition) is 1. The summed E-state index contributed by atoms with van der Waals surface area (Å²) in [7, 11) is 0. The number of tetrazole rings is 1. The molecule has 2 aromatic carbocycles. The molecule has 7 nitrogen and oxygen atoms in total. The molecule has 182 valence electrons. The van der Waals surface area contributed by atoms with Crippen molar-refractivity contribution in [2.75, 3.05) is 0 Å². The van der Waals surface area contributed by atoms with Crippen molar-refractivity contribution in [2.24, 2.45) is 0 Å². The first-order chi connectivity index (χ1) is 17.0. The number of benzene rings is 2. The first-order valence-corrected chi connectivity index (χ1v) is 12.7. The number of hydrogen-bond acceptors (Lipinski definition) is 5. The molecular weight excluding hydrogens is 436 g/mol. The van der Waals surface area contributed by atoms with Gasteiger partial charge in [-0.25, -0.2) is 4.68 Å². The van der Waals surface area contributed by atoms with Crippen molar-refractivity contribution in [3.05, 3.63) is 87.0 Å². The van der Waals surface area contributed by atoms with Crippen molar-refractivity contribution in [1.82, 2.24) is 30.1 Å². The molecule has 1 atom stereocenters. The molecule has 1 unspecified atom stereocenters. The van der Waals surface area contributed by atoms with Gasteiger partial charge in [0.25, 0.3) is 5.56 Å². The molecule has 2 aromatic heterocycles. The van der Waals surface area contributed by atoms with Crippen LogP contribution >= 0.6 is 0 Å². The molecule has 4 aromatic rings. The van der Waals surface area contributed by atoms with Gasteiger partial charge in [-0.05, 0) is 72.4 Å². The number of pyridine rings is 1. The summed E-state index contributed by atoms with van der Waals surface area (Å²) in [6.07, 6.45) is 5.59. The van der Waals surface area contributed by atoms with Gasteiger partial charge in [0.2, 0.25) is 0 Å². The third-order valence-corrected chi connectivity index (χ3v) is 7.36. The largest absolute Gasteiger partial charge is 0.322 e. The SMILES string of the molecule is CCC(c1nnnn1Cc1ccccc1)N(Cc1cc2c(C)cc(C)cc2[nH]c1=O)C1CCCC1. The van der Waals surface area contributed by atoms with E-state index in [2.05, 4.69) is 76.5 Å². The van der Waals surface area contributed by atoms with E-state index in [1.165, 1.54) is 24.0 Å². The lowest BCUT2D eigenvalue weighted by atomic mass is 10.0. The van der Waals surface area contributed by atoms with Gasteiger partial charge < -0.3 is 4.98 Å². The van der Waals surface area contributed by atoms with E-state index in [1.54, 1.807) is 0 Å². The predicted octanol–water partition coefficient (Wildman–Crippen LogP) is 5.08. The molecule has 0 spiro atoms. The topological polar surface area (TPSA) is 79.7 Å². The van der Waals surface area contributed by atoms with Crippen LogP contribution < -0.4 is 5.56 Å². The van der Waals surface area contributed by atoms with E-state index in [0.717, 1.165) is 47.1 Å². The van der Waals surface area contributed by atoms with E-state index >= 15 is 0 Å². The Labute approximate surface area is 206 Å². The van der Waals surface area contributed by atoms with Crippen LogP contribution in [0.1, 0.15) is 73.1 Å². The van der Waals surface area contributed by atoms with E-state index in [9.17, 15) is 4.79 Å². The number of H-pyrrole nitrogens is 1. The van der Waals surface area contributed by atoms with Crippen molar-refractivity contribution in [2.45, 2.75) is 78.0 Å². The lowest BCUT2D eigenvalue weighted by molar-refractivity contribution is 0.112. The zero-order valence-electron chi connectivity index (χ0n) is 20.9. The van der Waals surface area contributed by atoms with Gasteiger partial charge in [-0.1, -0.05) is 56.2 Å². The average Bonchev–Trinajstić information content (AvgIpc) is 3.53. The normalized spacial score (nSPS) is 15.3. The van der Waals surface area contributed by atoms with Crippen LogP contribution in [0.4, 0.5) is 0 Å². The maximum absolute atomic E-state index is 13.2. The third kappa shape index (κ3) is 4.91. The molecular formula is C28H34N6O. The van der Waals surface area contributed by atoms with Crippen molar-refractivity contribution >= 4 is 10.9 Å². The summed E-state index contributed by atoms with van der Waals surface area (Å²) in [5, 5.41) is 14.0. The van der Waals surface area contributed by atoms with Gasteiger partial charge >= 0.3 is 0 Å². The van der Waals surface area contributed by atoms with Crippen LogP contribution in [0.15, 0.2) is 53.3 Å². The predicted molar refractivity (Wildman–Crippen MR) is 138 cm³/mol. The Balaban J connectivity index is 1.51. The molecule has 35 heavy (non-hydrogen) atoms. The van der Waals surface area contributed by atoms with Crippen molar-refractivity contribution in [1.29, 1.82) is 0 Å². The Morgan fingerprint density at radius 1 is 1.11 bits per heavy atom. The number of aromatic amines is 1. The van der Waals surface area contributed by atoms with Gasteiger partial charge in [0.1, 0.15) is 0 Å². The zero-order chi connectivity index (χ0) is 24.4. The van der Waals surface area contributed by atoms with Crippen molar-refractivity contribution in [3.63, 3.8) is 0 Å². The molecule has 0 amide bonds. The van der Waals surface area contributed by atoms with Crippen LogP contribution in [0.25, 0.3) is 10.9 Å². The van der Waals surface area contributed by atoms with E-state index in [1.807, 2.05) is 22.9 Å². The van der Waals surface area contributed by atoms with Crippen molar-refractivity contribution in [3.8, 4) is 0 Å². The minimum absolute atomic E-state index is 0.00997. The maximum atomic E-state index is 13.2. The Morgan fingerprint density at radius 3 is 2.63 bits per heavy atom. The number of aromatic nitrogens is 5. The van der Waals surface area contributed by atoms with E-state index in [-0.39, 0.29) is 11.6 Å². The first-order valence-electron chi connectivity index (χ1n) is 12.7. The second-order valence-electron chi connectivity index (χ2n) is 9.88. The molecule has 5 rings (SSSR count). The van der Waals surface area contributed by atoms with Crippen LogP contribution in [0, 0.1) is 13.8 Å². The standard InChI is InChI=1S/C28H34N6O/c1-4-26(27-30-31-32-34(27)17-21-10-6-5-7-11-21)33(23-12-8-9-13-23)18-22-16-24-20(3)14-19(2)15-25(24)29-28(22)35/h5-7,10-11,14-16,23,26H,4,8-9,12-13,17-18H2,1-3H3,(H,29,35). The van der Waals surface area contributed by atoms with Crippen LogP contribution in [-0.4, -0.2) is 36.1 Å². The maximum Gasteiger partial charge on any atom is 0.252 e.